The van der Waals surface area contributed by atoms with Crippen LogP contribution >= 0.6 is 23.4 Å². The number of benzene rings is 2. The van der Waals surface area contributed by atoms with E-state index < -0.39 is 0 Å². The van der Waals surface area contributed by atoms with Crippen LogP contribution in [0.2, 0.25) is 5.02 Å². The van der Waals surface area contributed by atoms with Crippen LogP contribution in [0.25, 0.3) is 0 Å². The van der Waals surface area contributed by atoms with Crippen LogP contribution in [0.3, 0.4) is 0 Å². The lowest BCUT2D eigenvalue weighted by atomic mass is 10.2. The molecule has 1 aliphatic rings. The molecule has 0 radical (unpaired) electrons. The number of fused-ring (bicyclic) bond motifs is 1. The van der Waals surface area contributed by atoms with Gasteiger partial charge in [0.15, 0.2) is 11.5 Å². The third kappa shape index (κ3) is 3.22. The number of hydrogen-bond acceptors (Lipinski definition) is 4. The summed E-state index contributed by atoms with van der Waals surface area (Å²) in [5.74, 6) is 1.61. The molecule has 21 heavy (non-hydrogen) atoms. The van der Waals surface area contributed by atoms with E-state index in [1.165, 1.54) is 0 Å². The summed E-state index contributed by atoms with van der Waals surface area (Å²) in [5, 5.41) is 0.581. The van der Waals surface area contributed by atoms with E-state index in [-0.39, 0.29) is 0 Å². The Morgan fingerprint density at radius 1 is 1.10 bits per heavy atom. The van der Waals surface area contributed by atoms with Crippen LogP contribution in [0, 0.1) is 6.92 Å². The molecule has 1 heterocycles. The Bertz CT molecular complexity index is 676. The van der Waals surface area contributed by atoms with Gasteiger partial charge in [-0.2, -0.15) is 0 Å². The van der Waals surface area contributed by atoms with Gasteiger partial charge in [0.1, 0.15) is 0 Å². The maximum absolute atomic E-state index is 6.11. The van der Waals surface area contributed by atoms with Crippen molar-refractivity contribution in [3.05, 3.63) is 40.9 Å². The van der Waals surface area contributed by atoms with Gasteiger partial charge >= 0.3 is 0 Å². The molecule has 0 saturated carbocycles. The maximum Gasteiger partial charge on any atom is 0.162 e. The van der Waals surface area contributed by atoms with Crippen LogP contribution in [0.5, 0.6) is 11.5 Å². The van der Waals surface area contributed by atoms with Gasteiger partial charge in [0.2, 0.25) is 0 Å². The lowest BCUT2D eigenvalue weighted by molar-refractivity contribution is 0.297. The molecule has 0 atom stereocenters. The molecule has 0 spiro atoms. The minimum absolute atomic E-state index is 0.581. The second-order valence-electron chi connectivity index (χ2n) is 4.90. The average Bonchev–Trinajstić information content (AvgIpc) is 2.69. The van der Waals surface area contributed by atoms with Gasteiger partial charge in [0.25, 0.3) is 0 Å². The van der Waals surface area contributed by atoms with E-state index in [2.05, 4.69) is 0 Å². The molecular weight excluding hydrogens is 306 g/mol. The van der Waals surface area contributed by atoms with Crippen molar-refractivity contribution in [2.45, 2.75) is 23.1 Å². The van der Waals surface area contributed by atoms with Crippen LogP contribution in [-0.2, 0) is 0 Å². The molecule has 3 nitrogen and oxygen atoms in total. The third-order valence-corrected chi connectivity index (χ3v) is 4.72. The number of nitrogens with two attached hydrogens (primary N) is 1. The van der Waals surface area contributed by atoms with Crippen LogP contribution in [0.4, 0.5) is 5.69 Å². The summed E-state index contributed by atoms with van der Waals surface area (Å²) in [7, 11) is 0. The van der Waals surface area contributed by atoms with Crippen molar-refractivity contribution in [1.29, 1.82) is 0 Å². The molecular formula is C16H16ClNO2S. The second kappa shape index (κ2) is 6.08. The van der Waals surface area contributed by atoms with E-state index >= 15 is 0 Å². The van der Waals surface area contributed by atoms with Crippen LogP contribution in [-0.4, -0.2) is 13.2 Å². The molecule has 1 aliphatic heterocycles. The molecule has 0 amide bonds. The molecule has 2 aromatic carbocycles. The lowest BCUT2D eigenvalue weighted by Crippen LogP contribution is -1.97. The number of ether oxygens (including phenoxy) is 2. The fourth-order valence-corrected chi connectivity index (χ4v) is 3.31. The molecule has 5 heteroatoms. The number of rotatable bonds is 2. The first-order chi connectivity index (χ1) is 10.1. The summed E-state index contributed by atoms with van der Waals surface area (Å²) >= 11 is 7.75. The summed E-state index contributed by atoms with van der Waals surface area (Å²) in [4.78, 5) is 2.17. The Hall–Kier alpha value is -1.52. The number of anilines is 1. The zero-order valence-electron chi connectivity index (χ0n) is 11.7. The Kier molecular flexibility index (Phi) is 4.17. The van der Waals surface area contributed by atoms with E-state index in [0.717, 1.165) is 33.3 Å². The van der Waals surface area contributed by atoms with E-state index in [1.54, 1.807) is 11.8 Å². The minimum atomic E-state index is 0.581. The first-order valence-electron chi connectivity index (χ1n) is 6.76. The Balaban J connectivity index is 1.88. The van der Waals surface area contributed by atoms with Gasteiger partial charge in [0.05, 0.1) is 23.9 Å². The SMILES string of the molecule is Cc1cc(N)c(Cl)cc1Sc1ccc2c(c1)OCCCO2. The first-order valence-corrected chi connectivity index (χ1v) is 7.96. The Labute approximate surface area is 133 Å². The topological polar surface area (TPSA) is 44.5 Å². The van der Waals surface area contributed by atoms with Crippen molar-refractivity contribution >= 4 is 29.1 Å². The molecule has 0 saturated heterocycles. The lowest BCUT2D eigenvalue weighted by Gasteiger charge is -2.11. The van der Waals surface area contributed by atoms with Gasteiger partial charge in [0, 0.05) is 16.2 Å². The van der Waals surface area contributed by atoms with E-state index in [0.29, 0.717) is 23.9 Å². The predicted octanol–water partition coefficient (Wildman–Crippen LogP) is 4.54. The van der Waals surface area contributed by atoms with Gasteiger partial charge in [-0.1, -0.05) is 23.4 Å². The summed E-state index contributed by atoms with van der Waals surface area (Å²) in [6.07, 6.45) is 0.907. The van der Waals surface area contributed by atoms with Gasteiger partial charge in [-0.05, 0) is 42.8 Å². The average molecular weight is 322 g/mol. The molecule has 0 aliphatic carbocycles. The highest BCUT2D eigenvalue weighted by atomic mass is 35.5. The van der Waals surface area contributed by atoms with E-state index in [9.17, 15) is 0 Å². The van der Waals surface area contributed by atoms with E-state index in [4.69, 9.17) is 26.8 Å². The molecule has 3 rings (SSSR count). The second-order valence-corrected chi connectivity index (χ2v) is 6.42. The standard InChI is InChI=1S/C16H16ClNO2S/c1-10-7-13(18)12(17)9-16(10)21-11-3-4-14-15(8-11)20-6-2-5-19-14/h3-4,7-9H,2,5-6,18H2,1H3. The van der Waals surface area contributed by atoms with Crippen molar-refractivity contribution in [2.75, 3.05) is 18.9 Å². The Morgan fingerprint density at radius 2 is 1.86 bits per heavy atom. The van der Waals surface area contributed by atoms with Gasteiger partial charge in [-0.3, -0.25) is 0 Å². The fourth-order valence-electron chi connectivity index (χ4n) is 2.13. The van der Waals surface area contributed by atoms with Gasteiger partial charge in [-0.15, -0.1) is 0 Å². The first kappa shape index (κ1) is 14.4. The van der Waals surface area contributed by atoms with Crippen molar-refractivity contribution in [1.82, 2.24) is 0 Å². The summed E-state index contributed by atoms with van der Waals surface area (Å²) in [5.41, 5.74) is 7.53. The quantitative estimate of drug-likeness (QED) is 0.825. The minimum Gasteiger partial charge on any atom is -0.490 e. The zero-order valence-corrected chi connectivity index (χ0v) is 13.3. The Morgan fingerprint density at radius 3 is 2.67 bits per heavy atom. The summed E-state index contributed by atoms with van der Waals surface area (Å²) < 4.78 is 11.4. The van der Waals surface area contributed by atoms with Crippen LogP contribution in [0.15, 0.2) is 40.1 Å². The molecule has 2 aromatic rings. The molecule has 0 fully saturated rings. The summed E-state index contributed by atoms with van der Waals surface area (Å²) in [6.45, 7) is 3.41. The monoisotopic (exact) mass is 321 g/mol. The van der Waals surface area contributed by atoms with Gasteiger partial charge in [-0.25, -0.2) is 0 Å². The smallest absolute Gasteiger partial charge is 0.162 e. The number of hydrogen-bond donors (Lipinski definition) is 1. The zero-order chi connectivity index (χ0) is 14.8. The number of aryl methyl sites for hydroxylation is 1. The number of halogens is 1. The number of nitrogen functional groups attached to an aromatic ring is 1. The third-order valence-electron chi connectivity index (χ3n) is 3.24. The molecule has 0 unspecified atom stereocenters. The van der Waals surface area contributed by atoms with Crippen molar-refractivity contribution < 1.29 is 9.47 Å². The van der Waals surface area contributed by atoms with Gasteiger partial charge < -0.3 is 15.2 Å². The highest BCUT2D eigenvalue weighted by Crippen LogP contribution is 2.39. The maximum atomic E-state index is 6.11. The molecule has 2 N–H and O–H groups in total. The van der Waals surface area contributed by atoms with Crippen molar-refractivity contribution in [2.24, 2.45) is 0 Å². The molecule has 110 valence electrons. The van der Waals surface area contributed by atoms with E-state index in [1.807, 2.05) is 37.3 Å². The van der Waals surface area contributed by atoms with Crippen LogP contribution < -0.4 is 15.2 Å². The fraction of sp³-hybridized carbons (Fsp3) is 0.250. The van der Waals surface area contributed by atoms with Crippen LogP contribution in [0.1, 0.15) is 12.0 Å². The van der Waals surface area contributed by atoms with Crippen molar-refractivity contribution in [3.8, 4) is 11.5 Å². The normalized spacial score (nSPS) is 13.8. The highest BCUT2D eigenvalue weighted by Gasteiger charge is 2.12. The molecule has 0 bridgehead atoms. The molecule has 0 aromatic heterocycles. The predicted molar refractivity (Wildman–Crippen MR) is 86.8 cm³/mol. The largest absolute Gasteiger partial charge is 0.490 e. The highest BCUT2D eigenvalue weighted by molar-refractivity contribution is 7.99. The van der Waals surface area contributed by atoms with Crippen molar-refractivity contribution in [3.63, 3.8) is 0 Å². The summed E-state index contributed by atoms with van der Waals surface area (Å²) in [6, 6.07) is 9.79.